The van der Waals surface area contributed by atoms with Gasteiger partial charge in [-0.2, -0.15) is 10.6 Å². The first kappa shape index (κ1) is 23.8. The third-order valence-corrected chi connectivity index (χ3v) is 9.01. The lowest BCUT2D eigenvalue weighted by atomic mass is 9.90. The highest BCUT2D eigenvalue weighted by atomic mass is 32.3. The number of allylic oxidation sites excluding steroid dienone is 1. The predicted molar refractivity (Wildman–Crippen MR) is 138 cm³/mol. The molecular weight excluding hydrogens is 464 g/mol. The van der Waals surface area contributed by atoms with Crippen molar-refractivity contribution in [2.75, 3.05) is 16.8 Å². The summed E-state index contributed by atoms with van der Waals surface area (Å²) in [4.78, 5) is 31.2. The highest BCUT2D eigenvalue weighted by Gasteiger charge is 2.30. The van der Waals surface area contributed by atoms with Gasteiger partial charge in [-0.05, 0) is 72.6 Å². The second-order valence-corrected chi connectivity index (χ2v) is 12.1. The number of hydrogen-bond donors (Lipinski definition) is 4. The number of anilines is 1. The van der Waals surface area contributed by atoms with Crippen LogP contribution in [0.25, 0.3) is 5.57 Å². The van der Waals surface area contributed by atoms with Crippen molar-refractivity contribution in [2.24, 2.45) is 5.92 Å². The van der Waals surface area contributed by atoms with Crippen LogP contribution in [0.2, 0.25) is 0 Å². The minimum absolute atomic E-state index is 0.0409. The van der Waals surface area contributed by atoms with E-state index in [0.717, 1.165) is 41.6 Å². The molecule has 5 rings (SSSR count). The molecule has 0 spiro atoms. The molecule has 3 heterocycles. The molecule has 1 aliphatic carbocycles. The molecule has 9 heteroatoms. The summed E-state index contributed by atoms with van der Waals surface area (Å²) in [6.07, 6.45) is 9.40. The molecule has 4 N–H and O–H groups in total. The quantitative estimate of drug-likeness (QED) is 0.483. The van der Waals surface area contributed by atoms with E-state index >= 15 is 0 Å². The van der Waals surface area contributed by atoms with Gasteiger partial charge in [-0.15, -0.1) is 0 Å². The van der Waals surface area contributed by atoms with Crippen LogP contribution in [0, 0.1) is 5.92 Å². The number of carbonyl (C=O) groups is 2. The van der Waals surface area contributed by atoms with Gasteiger partial charge in [0, 0.05) is 54.6 Å². The van der Waals surface area contributed by atoms with E-state index < -0.39 is 10.6 Å². The number of amides is 3. The van der Waals surface area contributed by atoms with Crippen molar-refractivity contribution < 1.29 is 18.7 Å². The van der Waals surface area contributed by atoms with E-state index in [1.54, 1.807) is 11.1 Å². The van der Waals surface area contributed by atoms with Gasteiger partial charge in [0.2, 0.25) is 5.91 Å². The molecular formula is C26H32N4O4S. The van der Waals surface area contributed by atoms with Crippen molar-refractivity contribution in [3.8, 4) is 0 Å². The van der Waals surface area contributed by atoms with Crippen LogP contribution in [-0.2, 0) is 17.9 Å². The zero-order valence-corrected chi connectivity index (χ0v) is 20.5. The number of aromatic nitrogens is 1. The van der Waals surface area contributed by atoms with Gasteiger partial charge in [0.15, 0.2) is 0 Å². The number of nitrogens with zero attached hydrogens (tertiary/aromatic N) is 2. The van der Waals surface area contributed by atoms with Crippen molar-refractivity contribution in [3.05, 3.63) is 65.5 Å². The summed E-state index contributed by atoms with van der Waals surface area (Å²) in [5.41, 5.74) is 5.38. The van der Waals surface area contributed by atoms with E-state index in [-0.39, 0.29) is 23.9 Å². The second kappa shape index (κ2) is 10.0. The summed E-state index contributed by atoms with van der Waals surface area (Å²) >= 11 is 0. The third-order valence-electron chi connectivity index (χ3n) is 7.24. The van der Waals surface area contributed by atoms with Crippen LogP contribution >= 0.6 is 10.6 Å². The lowest BCUT2D eigenvalue weighted by molar-refractivity contribution is -0.126. The number of nitrogens with one attached hydrogen (secondary N) is 2. The Kier molecular flexibility index (Phi) is 6.82. The number of pyridine rings is 1. The van der Waals surface area contributed by atoms with Crippen LogP contribution in [0.15, 0.2) is 48.8 Å². The SMILES string of the molecule is O=C(NC1CC=C(c2ccc(NC(=O)N3Cc4ccncc4C3)cc2)CC1)C1CCS(O)(O)CC1. The first-order chi connectivity index (χ1) is 16.9. The molecule has 2 aliphatic heterocycles. The van der Waals surface area contributed by atoms with Crippen LogP contribution in [0.4, 0.5) is 10.5 Å². The van der Waals surface area contributed by atoms with Crippen LogP contribution in [-0.4, -0.2) is 48.5 Å². The molecule has 1 saturated heterocycles. The first-order valence-electron chi connectivity index (χ1n) is 12.2. The molecule has 1 unspecified atom stereocenters. The average molecular weight is 497 g/mol. The average Bonchev–Trinajstić information content (AvgIpc) is 3.30. The third kappa shape index (κ3) is 5.69. The standard InChI is InChI=1S/C26H32N4O4S/c31-25(20-10-13-35(33,34)14-11-20)28-23-5-1-18(2-6-23)19-3-7-24(8-4-19)29-26(32)30-16-21-9-12-27-15-22(21)17-30/h1,3-4,7-9,12,15,20,23,33-34H,2,5-6,10-11,13-14,16-17H2,(H,28,31)(H,29,32). The molecule has 1 fully saturated rings. The number of benzene rings is 1. The van der Waals surface area contributed by atoms with Crippen molar-refractivity contribution >= 4 is 33.8 Å². The van der Waals surface area contributed by atoms with E-state index in [1.165, 1.54) is 5.57 Å². The van der Waals surface area contributed by atoms with E-state index in [0.29, 0.717) is 37.4 Å². The van der Waals surface area contributed by atoms with Crippen molar-refractivity contribution in [2.45, 2.75) is 51.2 Å². The molecule has 2 aromatic rings. The molecule has 0 radical (unpaired) electrons. The summed E-state index contributed by atoms with van der Waals surface area (Å²) in [7, 11) is -2.46. The zero-order valence-electron chi connectivity index (χ0n) is 19.7. The number of hydrogen-bond acceptors (Lipinski definition) is 5. The number of rotatable bonds is 4. The molecule has 8 nitrogen and oxygen atoms in total. The van der Waals surface area contributed by atoms with E-state index in [4.69, 9.17) is 0 Å². The fourth-order valence-electron chi connectivity index (χ4n) is 5.05. The summed E-state index contributed by atoms with van der Waals surface area (Å²) in [6.45, 7) is 1.17. The Morgan fingerprint density at radius 1 is 1.00 bits per heavy atom. The molecule has 3 amide bonds. The normalized spacial score (nSPS) is 22.6. The van der Waals surface area contributed by atoms with Crippen LogP contribution < -0.4 is 10.6 Å². The van der Waals surface area contributed by atoms with Crippen molar-refractivity contribution in [1.29, 1.82) is 0 Å². The molecule has 0 saturated carbocycles. The highest BCUT2D eigenvalue weighted by molar-refractivity contribution is 8.24. The van der Waals surface area contributed by atoms with Gasteiger partial charge < -0.3 is 15.5 Å². The van der Waals surface area contributed by atoms with Crippen molar-refractivity contribution in [1.82, 2.24) is 15.2 Å². The first-order valence-corrected chi connectivity index (χ1v) is 14.1. The van der Waals surface area contributed by atoms with Gasteiger partial charge in [0.25, 0.3) is 0 Å². The summed E-state index contributed by atoms with van der Waals surface area (Å²) in [5, 5.41) is 6.14. The van der Waals surface area contributed by atoms with Crippen molar-refractivity contribution in [3.63, 3.8) is 0 Å². The van der Waals surface area contributed by atoms with Gasteiger partial charge in [-0.1, -0.05) is 18.2 Å². The minimum Gasteiger partial charge on any atom is -0.353 e. The van der Waals surface area contributed by atoms with Crippen LogP contribution in [0.1, 0.15) is 48.8 Å². The summed E-state index contributed by atoms with van der Waals surface area (Å²) < 4.78 is 19.5. The maximum Gasteiger partial charge on any atom is 0.322 e. The van der Waals surface area contributed by atoms with Gasteiger partial charge in [-0.25, -0.2) is 4.79 Å². The maximum absolute atomic E-state index is 12.7. The lowest BCUT2D eigenvalue weighted by Gasteiger charge is -2.39. The van der Waals surface area contributed by atoms with Gasteiger partial charge in [0.05, 0.1) is 0 Å². The molecule has 0 bridgehead atoms. The topological polar surface area (TPSA) is 115 Å². The van der Waals surface area contributed by atoms with E-state index in [1.807, 2.05) is 36.5 Å². The number of fused-ring (bicyclic) bond motifs is 1. The smallest absolute Gasteiger partial charge is 0.322 e. The highest BCUT2D eigenvalue weighted by Crippen LogP contribution is 2.45. The Morgan fingerprint density at radius 3 is 2.43 bits per heavy atom. The lowest BCUT2D eigenvalue weighted by Crippen LogP contribution is -2.41. The predicted octanol–water partition coefficient (Wildman–Crippen LogP) is 4.84. The van der Waals surface area contributed by atoms with Gasteiger partial charge >= 0.3 is 6.03 Å². The Labute approximate surface area is 207 Å². The largest absolute Gasteiger partial charge is 0.353 e. The molecule has 1 aromatic heterocycles. The number of carbonyl (C=O) groups excluding carboxylic acids is 2. The second-order valence-electron chi connectivity index (χ2n) is 9.70. The Morgan fingerprint density at radius 2 is 1.74 bits per heavy atom. The van der Waals surface area contributed by atoms with E-state index in [2.05, 4.69) is 21.7 Å². The summed E-state index contributed by atoms with van der Waals surface area (Å²) in [5.74, 6) is 0.590. The molecule has 35 heavy (non-hydrogen) atoms. The van der Waals surface area contributed by atoms with Gasteiger partial charge in [0.1, 0.15) is 0 Å². The minimum atomic E-state index is -2.46. The Hall–Kier alpha value is -2.88. The zero-order chi connectivity index (χ0) is 24.4. The van der Waals surface area contributed by atoms with Crippen LogP contribution in [0.5, 0.6) is 0 Å². The van der Waals surface area contributed by atoms with E-state index in [9.17, 15) is 18.7 Å². The van der Waals surface area contributed by atoms with Crippen LogP contribution in [0.3, 0.4) is 0 Å². The fourth-order valence-corrected chi connectivity index (χ4v) is 6.58. The maximum atomic E-state index is 12.7. The fraction of sp³-hybridized carbons (Fsp3) is 0.423. The monoisotopic (exact) mass is 496 g/mol. The number of urea groups is 1. The Balaban J connectivity index is 1.11. The molecule has 3 aliphatic rings. The molecule has 1 atom stereocenters. The Bertz CT molecular complexity index is 1100. The molecule has 1 aromatic carbocycles. The summed E-state index contributed by atoms with van der Waals surface area (Å²) in [6, 6.07) is 9.88. The van der Waals surface area contributed by atoms with Gasteiger partial charge in [-0.3, -0.25) is 18.9 Å². The molecule has 186 valence electrons.